The van der Waals surface area contributed by atoms with Crippen molar-refractivity contribution in [2.24, 2.45) is 5.73 Å². The van der Waals surface area contributed by atoms with Gasteiger partial charge in [-0.05, 0) is 31.4 Å². The van der Waals surface area contributed by atoms with Crippen molar-refractivity contribution in [2.75, 3.05) is 12.4 Å². The summed E-state index contributed by atoms with van der Waals surface area (Å²) >= 11 is 0. The highest BCUT2D eigenvalue weighted by molar-refractivity contribution is 6.02. The molecule has 5 heteroatoms. The molecule has 0 saturated heterocycles. The van der Waals surface area contributed by atoms with Crippen LogP contribution < -0.4 is 11.1 Å². The van der Waals surface area contributed by atoms with Gasteiger partial charge in [-0.3, -0.25) is 10.2 Å². The molecule has 27 heavy (non-hydrogen) atoms. The van der Waals surface area contributed by atoms with Crippen molar-refractivity contribution in [3.05, 3.63) is 52.2 Å². The van der Waals surface area contributed by atoms with E-state index in [0.29, 0.717) is 17.2 Å². The molecule has 0 unspecified atom stereocenters. The molecule has 0 spiro atoms. The lowest BCUT2D eigenvalue weighted by Crippen LogP contribution is -2.17. The lowest BCUT2D eigenvalue weighted by molar-refractivity contribution is 0.112. The third-order valence-corrected chi connectivity index (χ3v) is 5.24. The van der Waals surface area contributed by atoms with Gasteiger partial charge in [0.05, 0.1) is 11.1 Å². The molecule has 1 aliphatic carbocycles. The minimum Gasteiger partial charge on any atom is -0.384 e. The van der Waals surface area contributed by atoms with E-state index in [1.807, 2.05) is 26.2 Å². The number of nitrogens with one attached hydrogen (secondary N) is 2. The summed E-state index contributed by atoms with van der Waals surface area (Å²) in [7, 11) is 1.86. The minimum atomic E-state index is 0.0107. The van der Waals surface area contributed by atoms with Crippen molar-refractivity contribution in [3.63, 3.8) is 0 Å². The van der Waals surface area contributed by atoms with Crippen LogP contribution in [0.3, 0.4) is 0 Å². The number of aromatic nitrogens is 1. The van der Waals surface area contributed by atoms with Crippen LogP contribution in [0.2, 0.25) is 0 Å². The number of aryl methyl sites for hydroxylation is 1. The molecule has 1 aromatic carbocycles. The van der Waals surface area contributed by atoms with E-state index < -0.39 is 0 Å². The first kappa shape index (κ1) is 18.8. The zero-order valence-electron chi connectivity index (χ0n) is 15.9. The first-order chi connectivity index (χ1) is 13.0. The quantitative estimate of drug-likeness (QED) is 0.334. The molecular weight excluding hydrogens is 336 g/mol. The Labute approximate surface area is 160 Å². The topological polar surface area (TPSA) is 83.9 Å². The molecule has 0 amide bonds. The van der Waals surface area contributed by atoms with Crippen LogP contribution in [0.1, 0.15) is 70.8 Å². The van der Waals surface area contributed by atoms with Crippen molar-refractivity contribution in [1.82, 2.24) is 4.57 Å². The number of carbonyl (C=O) groups is 1. The summed E-state index contributed by atoms with van der Waals surface area (Å²) in [5, 5.41) is 11.3. The molecule has 4 N–H and O–H groups in total. The number of hydrogen-bond acceptors (Lipinski definition) is 3. The summed E-state index contributed by atoms with van der Waals surface area (Å²) in [6, 6.07) is 5.88. The summed E-state index contributed by atoms with van der Waals surface area (Å²) in [5.41, 5.74) is 9.72. The average molecular weight is 362 g/mol. The van der Waals surface area contributed by atoms with Gasteiger partial charge in [-0.15, -0.1) is 0 Å². The van der Waals surface area contributed by atoms with Crippen LogP contribution >= 0.6 is 0 Å². The first-order valence-electron chi connectivity index (χ1n) is 9.40. The predicted octanol–water partition coefficient (Wildman–Crippen LogP) is 3.84. The second kappa shape index (κ2) is 8.13. The summed E-state index contributed by atoms with van der Waals surface area (Å²) < 4.78 is 2.20. The Bertz CT molecular complexity index is 924. The van der Waals surface area contributed by atoms with E-state index in [2.05, 4.69) is 21.7 Å². The Kier molecular flexibility index (Phi) is 5.66. The number of benzene rings is 1. The molecule has 5 nitrogen and oxygen atoms in total. The average Bonchev–Trinajstić information content (AvgIpc) is 3.07. The molecule has 0 aliphatic heterocycles. The van der Waals surface area contributed by atoms with Crippen LogP contribution in [0.5, 0.6) is 0 Å². The fourth-order valence-electron chi connectivity index (χ4n) is 3.78. The van der Waals surface area contributed by atoms with Gasteiger partial charge in [0.25, 0.3) is 0 Å². The van der Waals surface area contributed by atoms with Gasteiger partial charge >= 0.3 is 0 Å². The van der Waals surface area contributed by atoms with Gasteiger partial charge < -0.3 is 15.6 Å². The smallest absolute Gasteiger partial charge is 0.150 e. The van der Waals surface area contributed by atoms with Crippen molar-refractivity contribution in [2.45, 2.75) is 45.1 Å². The maximum absolute atomic E-state index is 11.0. The Morgan fingerprint density at radius 3 is 2.59 bits per heavy atom. The number of aldehydes is 1. The van der Waals surface area contributed by atoms with Crippen LogP contribution in [-0.4, -0.2) is 23.7 Å². The molecule has 1 saturated carbocycles. The van der Waals surface area contributed by atoms with Gasteiger partial charge in [0.15, 0.2) is 0 Å². The van der Waals surface area contributed by atoms with Gasteiger partial charge in [0.2, 0.25) is 0 Å². The molecule has 140 valence electrons. The molecule has 0 bridgehead atoms. The first-order valence-corrected chi connectivity index (χ1v) is 9.40. The SMILES string of the molecule is CNc1c(C(=N)N)c(C#Cc2cc(C=O)ccc2C)cn1C1CCCCC1. The highest BCUT2D eigenvalue weighted by Gasteiger charge is 2.23. The monoisotopic (exact) mass is 362 g/mol. The van der Waals surface area contributed by atoms with E-state index in [0.717, 1.165) is 41.6 Å². The Hall–Kier alpha value is -3.00. The van der Waals surface area contributed by atoms with Gasteiger partial charge in [-0.25, -0.2) is 0 Å². The van der Waals surface area contributed by atoms with Crippen LogP contribution in [0.4, 0.5) is 5.82 Å². The Balaban J connectivity index is 2.07. The lowest BCUT2D eigenvalue weighted by Gasteiger charge is -2.25. The third-order valence-electron chi connectivity index (χ3n) is 5.24. The molecule has 1 aliphatic rings. The summed E-state index contributed by atoms with van der Waals surface area (Å²) in [6.07, 6.45) is 8.84. The number of nitrogens with zero attached hydrogens (tertiary/aromatic N) is 1. The number of amidine groups is 1. The van der Waals surface area contributed by atoms with Gasteiger partial charge in [0, 0.05) is 30.4 Å². The molecule has 3 rings (SSSR count). The zero-order valence-corrected chi connectivity index (χ0v) is 15.9. The number of hydrogen-bond donors (Lipinski definition) is 3. The van der Waals surface area contributed by atoms with Gasteiger partial charge in [-0.2, -0.15) is 0 Å². The second-order valence-electron chi connectivity index (χ2n) is 7.07. The number of nitrogen functional groups attached to an aromatic ring is 1. The van der Waals surface area contributed by atoms with Crippen LogP contribution in [0.15, 0.2) is 24.4 Å². The highest BCUT2D eigenvalue weighted by atomic mass is 16.1. The molecule has 1 fully saturated rings. The van der Waals surface area contributed by atoms with Gasteiger partial charge in [-0.1, -0.05) is 43.2 Å². The van der Waals surface area contributed by atoms with Crippen LogP contribution in [-0.2, 0) is 0 Å². The lowest BCUT2D eigenvalue weighted by atomic mass is 9.95. The van der Waals surface area contributed by atoms with E-state index >= 15 is 0 Å². The fourth-order valence-corrected chi connectivity index (χ4v) is 3.78. The van der Waals surface area contributed by atoms with Crippen molar-refractivity contribution >= 4 is 17.9 Å². The molecule has 1 heterocycles. The molecule has 0 radical (unpaired) electrons. The van der Waals surface area contributed by atoms with E-state index in [1.54, 1.807) is 12.1 Å². The summed E-state index contributed by atoms with van der Waals surface area (Å²) in [6.45, 7) is 1.97. The zero-order chi connectivity index (χ0) is 19.4. The van der Waals surface area contributed by atoms with Crippen LogP contribution in [0, 0.1) is 24.2 Å². The van der Waals surface area contributed by atoms with E-state index in [9.17, 15) is 4.79 Å². The molecule has 2 aromatic rings. The van der Waals surface area contributed by atoms with Crippen molar-refractivity contribution in [3.8, 4) is 11.8 Å². The molecular formula is C22H26N4O. The standard InChI is InChI=1S/C22H26N4O/c1-15-8-9-16(14-27)12-17(15)10-11-18-13-26(19-6-4-3-5-7-19)22(25-2)20(18)21(23)24/h8-9,12-14,19,25H,3-7H2,1-2H3,(H3,23,24). The number of anilines is 1. The predicted molar refractivity (Wildman–Crippen MR) is 110 cm³/mol. The third kappa shape index (κ3) is 3.90. The number of rotatable bonds is 4. The van der Waals surface area contributed by atoms with E-state index in [-0.39, 0.29) is 5.84 Å². The minimum absolute atomic E-state index is 0.0107. The molecule has 0 atom stereocenters. The maximum Gasteiger partial charge on any atom is 0.150 e. The Morgan fingerprint density at radius 2 is 1.96 bits per heavy atom. The fraction of sp³-hybridized carbons (Fsp3) is 0.364. The van der Waals surface area contributed by atoms with Crippen molar-refractivity contribution < 1.29 is 4.79 Å². The van der Waals surface area contributed by atoms with E-state index in [1.165, 1.54) is 19.3 Å². The summed E-state index contributed by atoms with van der Waals surface area (Å²) in [5.74, 6) is 7.22. The largest absolute Gasteiger partial charge is 0.384 e. The number of carbonyl (C=O) groups excluding carboxylic acids is 1. The van der Waals surface area contributed by atoms with E-state index in [4.69, 9.17) is 11.1 Å². The molecule has 1 aromatic heterocycles. The van der Waals surface area contributed by atoms with Gasteiger partial charge in [0.1, 0.15) is 17.9 Å². The Morgan fingerprint density at radius 1 is 1.26 bits per heavy atom. The maximum atomic E-state index is 11.0. The second-order valence-corrected chi connectivity index (χ2v) is 7.07. The highest BCUT2D eigenvalue weighted by Crippen LogP contribution is 2.34. The normalized spacial score (nSPS) is 14.3. The number of nitrogens with two attached hydrogens (primary N) is 1. The van der Waals surface area contributed by atoms with Crippen molar-refractivity contribution in [1.29, 1.82) is 5.41 Å². The summed E-state index contributed by atoms with van der Waals surface area (Å²) in [4.78, 5) is 11.0. The van der Waals surface area contributed by atoms with Crippen LogP contribution in [0.25, 0.3) is 0 Å².